The molecule has 0 aromatic carbocycles. The zero-order valence-corrected chi connectivity index (χ0v) is 8.32. The molecule has 2 unspecified atom stereocenters. The van der Waals surface area contributed by atoms with Gasteiger partial charge in [0.2, 0.25) is 0 Å². The number of likely N-dealkylation sites (N-methyl/N-ethyl adjacent to an activating group) is 1. The number of hydrogen-bond acceptors (Lipinski definition) is 4. The smallest absolute Gasteiger partial charge is 0.150 e. The molecule has 1 aliphatic heterocycles. The summed E-state index contributed by atoms with van der Waals surface area (Å²) >= 11 is 0. The Morgan fingerprint density at radius 1 is 1.77 bits per heavy atom. The summed E-state index contributed by atoms with van der Waals surface area (Å²) in [6, 6.07) is -0.137. The van der Waals surface area contributed by atoms with Gasteiger partial charge < -0.3 is 10.5 Å². The molecule has 2 atom stereocenters. The lowest BCUT2D eigenvalue weighted by Gasteiger charge is -2.32. The summed E-state index contributed by atoms with van der Waals surface area (Å²) in [5.41, 5.74) is 5.49. The van der Waals surface area contributed by atoms with Crippen LogP contribution in [0, 0.1) is 0 Å². The molecule has 0 radical (unpaired) electrons. The number of Topliss-reactive ketones (excluding diaryl/α,β-unsaturated/α-hetero) is 1. The van der Waals surface area contributed by atoms with E-state index < -0.39 is 0 Å². The highest BCUT2D eigenvalue weighted by Crippen LogP contribution is 2.08. The predicted octanol–water partition coefficient (Wildman–Crippen LogP) is -0.377. The fraction of sp³-hybridized carbons (Fsp3) is 0.889. The summed E-state index contributed by atoms with van der Waals surface area (Å²) < 4.78 is 5.30. The van der Waals surface area contributed by atoms with Crippen molar-refractivity contribution in [3.63, 3.8) is 0 Å². The lowest BCUT2D eigenvalue weighted by atomic mass is 10.1. The van der Waals surface area contributed by atoms with Crippen LogP contribution in [0.2, 0.25) is 0 Å². The normalized spacial score (nSPS) is 27.2. The van der Waals surface area contributed by atoms with Crippen LogP contribution in [-0.2, 0) is 9.53 Å². The predicted molar refractivity (Wildman–Crippen MR) is 50.5 cm³/mol. The van der Waals surface area contributed by atoms with Gasteiger partial charge in [-0.25, -0.2) is 0 Å². The van der Waals surface area contributed by atoms with Gasteiger partial charge in [-0.15, -0.1) is 0 Å². The number of carbonyl (C=O) groups is 1. The van der Waals surface area contributed by atoms with Gasteiger partial charge in [0.15, 0.2) is 5.78 Å². The third-order valence-corrected chi connectivity index (χ3v) is 2.47. The van der Waals surface area contributed by atoms with Crippen LogP contribution in [0.5, 0.6) is 0 Å². The Morgan fingerprint density at radius 2 is 2.46 bits per heavy atom. The van der Waals surface area contributed by atoms with Gasteiger partial charge in [0.1, 0.15) is 0 Å². The molecule has 1 fully saturated rings. The van der Waals surface area contributed by atoms with E-state index in [4.69, 9.17) is 10.5 Å². The van der Waals surface area contributed by atoms with Crippen molar-refractivity contribution in [2.75, 3.05) is 26.8 Å². The first-order valence-electron chi connectivity index (χ1n) is 4.67. The Hall–Kier alpha value is -0.450. The average molecular weight is 186 g/mol. The first-order valence-corrected chi connectivity index (χ1v) is 4.67. The van der Waals surface area contributed by atoms with Crippen molar-refractivity contribution in [2.24, 2.45) is 5.73 Å². The fourth-order valence-electron chi connectivity index (χ4n) is 1.37. The maximum absolute atomic E-state index is 11.3. The Bertz CT molecular complexity index is 182. The molecule has 2 N–H and O–H groups in total. The van der Waals surface area contributed by atoms with Gasteiger partial charge in [-0.05, 0) is 14.0 Å². The molecule has 0 aromatic heterocycles. The van der Waals surface area contributed by atoms with E-state index in [2.05, 4.69) is 4.90 Å². The number of morpholine rings is 1. The lowest BCUT2D eigenvalue weighted by Crippen LogP contribution is -2.45. The Balaban J connectivity index is 2.38. The molecule has 1 rings (SSSR count). The molecular weight excluding hydrogens is 168 g/mol. The van der Waals surface area contributed by atoms with Crippen LogP contribution in [0.25, 0.3) is 0 Å². The van der Waals surface area contributed by atoms with Crippen LogP contribution in [0.15, 0.2) is 0 Å². The molecule has 1 aliphatic rings. The second-order valence-electron chi connectivity index (χ2n) is 3.67. The van der Waals surface area contributed by atoms with Gasteiger partial charge in [0.05, 0.1) is 19.3 Å². The SMILES string of the molecule is CC(N)C(=O)CC1COCCN1C. The summed E-state index contributed by atoms with van der Waals surface area (Å²) in [5, 5.41) is 0. The van der Waals surface area contributed by atoms with Crippen molar-refractivity contribution in [1.29, 1.82) is 0 Å². The second-order valence-corrected chi connectivity index (χ2v) is 3.67. The molecule has 13 heavy (non-hydrogen) atoms. The maximum atomic E-state index is 11.3. The molecule has 4 heteroatoms. The van der Waals surface area contributed by atoms with Crippen molar-refractivity contribution >= 4 is 5.78 Å². The molecule has 1 heterocycles. The number of nitrogens with zero attached hydrogens (tertiary/aromatic N) is 1. The number of nitrogens with two attached hydrogens (primary N) is 1. The Kier molecular flexibility index (Phi) is 3.84. The first kappa shape index (κ1) is 10.6. The van der Waals surface area contributed by atoms with Crippen molar-refractivity contribution in [3.05, 3.63) is 0 Å². The van der Waals surface area contributed by atoms with E-state index in [0.29, 0.717) is 13.0 Å². The van der Waals surface area contributed by atoms with Crippen LogP contribution < -0.4 is 5.73 Å². The van der Waals surface area contributed by atoms with Gasteiger partial charge in [0, 0.05) is 19.0 Å². The first-order chi connectivity index (χ1) is 6.11. The van der Waals surface area contributed by atoms with Crippen molar-refractivity contribution in [2.45, 2.75) is 25.4 Å². The molecule has 0 bridgehead atoms. The molecule has 0 spiro atoms. The third kappa shape index (κ3) is 3.06. The number of hydrogen-bond donors (Lipinski definition) is 1. The number of ether oxygens (including phenoxy) is 1. The second kappa shape index (κ2) is 4.69. The molecule has 0 aromatic rings. The number of carbonyl (C=O) groups excluding carboxylic acids is 1. The van der Waals surface area contributed by atoms with Crippen molar-refractivity contribution in [1.82, 2.24) is 4.90 Å². The Labute approximate surface area is 79.0 Å². The van der Waals surface area contributed by atoms with Crippen molar-refractivity contribution in [3.8, 4) is 0 Å². The zero-order chi connectivity index (χ0) is 9.84. The number of rotatable bonds is 3. The minimum atomic E-state index is -0.352. The van der Waals surface area contributed by atoms with E-state index in [1.807, 2.05) is 7.05 Å². The highest BCUT2D eigenvalue weighted by molar-refractivity contribution is 5.83. The van der Waals surface area contributed by atoms with Crippen LogP contribution >= 0.6 is 0 Å². The van der Waals surface area contributed by atoms with Crippen LogP contribution in [-0.4, -0.2) is 49.6 Å². The van der Waals surface area contributed by atoms with E-state index in [0.717, 1.165) is 13.2 Å². The lowest BCUT2D eigenvalue weighted by molar-refractivity contribution is -0.122. The maximum Gasteiger partial charge on any atom is 0.150 e. The minimum Gasteiger partial charge on any atom is -0.378 e. The highest BCUT2D eigenvalue weighted by Gasteiger charge is 2.23. The van der Waals surface area contributed by atoms with Crippen LogP contribution in [0.1, 0.15) is 13.3 Å². The van der Waals surface area contributed by atoms with Gasteiger partial charge >= 0.3 is 0 Å². The molecule has 1 saturated heterocycles. The number of ketones is 1. The van der Waals surface area contributed by atoms with E-state index in [-0.39, 0.29) is 17.9 Å². The Morgan fingerprint density at radius 3 is 3.00 bits per heavy atom. The van der Waals surface area contributed by atoms with Gasteiger partial charge in [-0.1, -0.05) is 0 Å². The van der Waals surface area contributed by atoms with E-state index in [1.54, 1.807) is 6.92 Å². The molecule has 0 amide bonds. The summed E-state index contributed by atoms with van der Waals surface area (Å²) in [5.74, 6) is 0.113. The standard InChI is InChI=1S/C9H18N2O2/c1-7(10)9(12)5-8-6-13-4-3-11(8)2/h7-8H,3-6,10H2,1-2H3. The zero-order valence-electron chi connectivity index (χ0n) is 8.32. The van der Waals surface area contributed by atoms with Crippen LogP contribution in [0.3, 0.4) is 0 Å². The molecular formula is C9H18N2O2. The van der Waals surface area contributed by atoms with E-state index >= 15 is 0 Å². The molecule has 0 aliphatic carbocycles. The summed E-state index contributed by atoms with van der Waals surface area (Å²) in [4.78, 5) is 13.5. The third-order valence-electron chi connectivity index (χ3n) is 2.47. The summed E-state index contributed by atoms with van der Waals surface area (Å²) in [6.07, 6.45) is 0.508. The summed E-state index contributed by atoms with van der Waals surface area (Å²) in [6.45, 7) is 4.04. The molecule has 4 nitrogen and oxygen atoms in total. The highest BCUT2D eigenvalue weighted by atomic mass is 16.5. The molecule has 76 valence electrons. The molecule has 0 saturated carbocycles. The van der Waals surface area contributed by atoms with E-state index in [1.165, 1.54) is 0 Å². The fourth-order valence-corrected chi connectivity index (χ4v) is 1.37. The average Bonchev–Trinajstić information content (AvgIpc) is 2.08. The quantitative estimate of drug-likeness (QED) is 0.653. The topological polar surface area (TPSA) is 55.6 Å². The van der Waals surface area contributed by atoms with Gasteiger partial charge in [0.25, 0.3) is 0 Å². The van der Waals surface area contributed by atoms with Crippen LogP contribution in [0.4, 0.5) is 0 Å². The van der Waals surface area contributed by atoms with Gasteiger partial charge in [-0.2, -0.15) is 0 Å². The minimum absolute atomic E-state index is 0.113. The van der Waals surface area contributed by atoms with Gasteiger partial charge in [-0.3, -0.25) is 9.69 Å². The largest absolute Gasteiger partial charge is 0.378 e. The monoisotopic (exact) mass is 186 g/mol. The van der Waals surface area contributed by atoms with E-state index in [9.17, 15) is 4.79 Å². The summed E-state index contributed by atoms with van der Waals surface area (Å²) in [7, 11) is 2.02. The van der Waals surface area contributed by atoms with Crippen molar-refractivity contribution < 1.29 is 9.53 Å².